The fraction of sp³-hybridized carbons (Fsp3) is 0.118. The van der Waals surface area contributed by atoms with E-state index in [0.29, 0.717) is 0 Å². The third-order valence-electron chi connectivity index (χ3n) is 3.33. The van der Waals surface area contributed by atoms with E-state index < -0.39 is 0 Å². The summed E-state index contributed by atoms with van der Waals surface area (Å²) in [5.41, 5.74) is 4.15. The fourth-order valence-corrected chi connectivity index (χ4v) is 2.47. The average Bonchev–Trinajstić information content (AvgIpc) is 2.46. The van der Waals surface area contributed by atoms with Gasteiger partial charge in [0.25, 0.3) is 0 Å². The van der Waals surface area contributed by atoms with Crippen molar-refractivity contribution in [2.75, 3.05) is 7.11 Å². The summed E-state index contributed by atoms with van der Waals surface area (Å²) in [6.45, 7) is 2.06. The SMILES string of the molecule is COc1ccc(-c2nc3ccc(Cl)cc3cc2C)cc1. The van der Waals surface area contributed by atoms with Crippen molar-refractivity contribution in [1.29, 1.82) is 0 Å². The number of rotatable bonds is 2. The van der Waals surface area contributed by atoms with E-state index >= 15 is 0 Å². The number of hydrogen-bond acceptors (Lipinski definition) is 2. The van der Waals surface area contributed by atoms with Crippen LogP contribution in [0.5, 0.6) is 5.75 Å². The van der Waals surface area contributed by atoms with Gasteiger partial charge in [0.1, 0.15) is 5.75 Å². The van der Waals surface area contributed by atoms with E-state index in [0.717, 1.165) is 38.5 Å². The number of pyridine rings is 1. The minimum absolute atomic E-state index is 0.732. The van der Waals surface area contributed by atoms with Crippen LogP contribution >= 0.6 is 11.6 Å². The smallest absolute Gasteiger partial charge is 0.118 e. The number of aromatic nitrogens is 1. The monoisotopic (exact) mass is 283 g/mol. The molecule has 3 rings (SSSR count). The van der Waals surface area contributed by atoms with Gasteiger partial charge in [0.2, 0.25) is 0 Å². The van der Waals surface area contributed by atoms with Crippen molar-refractivity contribution in [3.63, 3.8) is 0 Å². The molecule has 0 atom stereocenters. The molecule has 100 valence electrons. The maximum Gasteiger partial charge on any atom is 0.118 e. The number of benzene rings is 2. The van der Waals surface area contributed by atoms with Crippen LogP contribution in [0.25, 0.3) is 22.2 Å². The van der Waals surface area contributed by atoms with E-state index in [9.17, 15) is 0 Å². The second kappa shape index (κ2) is 5.14. The standard InChI is InChI=1S/C17H14ClNO/c1-11-9-13-10-14(18)5-8-16(13)19-17(11)12-3-6-15(20-2)7-4-12/h3-10H,1-2H3. The molecular weight excluding hydrogens is 270 g/mol. The van der Waals surface area contributed by atoms with Crippen LogP contribution in [0.1, 0.15) is 5.56 Å². The first-order valence-corrected chi connectivity index (χ1v) is 6.76. The minimum atomic E-state index is 0.732. The first-order valence-electron chi connectivity index (χ1n) is 6.39. The van der Waals surface area contributed by atoms with Crippen molar-refractivity contribution in [1.82, 2.24) is 4.98 Å². The molecule has 3 aromatic rings. The van der Waals surface area contributed by atoms with Crippen molar-refractivity contribution >= 4 is 22.5 Å². The molecule has 0 N–H and O–H groups in total. The highest BCUT2D eigenvalue weighted by Crippen LogP contribution is 2.27. The number of fused-ring (bicyclic) bond motifs is 1. The summed E-state index contributed by atoms with van der Waals surface area (Å²) < 4.78 is 5.18. The molecule has 0 aliphatic carbocycles. The Kier molecular flexibility index (Phi) is 3.33. The molecule has 3 heteroatoms. The van der Waals surface area contributed by atoms with Crippen molar-refractivity contribution in [3.8, 4) is 17.0 Å². The number of aryl methyl sites for hydroxylation is 1. The van der Waals surface area contributed by atoms with Crippen LogP contribution in [-0.4, -0.2) is 12.1 Å². The lowest BCUT2D eigenvalue weighted by atomic mass is 10.0. The van der Waals surface area contributed by atoms with Crippen molar-refractivity contribution < 1.29 is 4.74 Å². The largest absolute Gasteiger partial charge is 0.497 e. The summed E-state index contributed by atoms with van der Waals surface area (Å²) in [6, 6.07) is 15.8. The van der Waals surface area contributed by atoms with E-state index in [2.05, 4.69) is 13.0 Å². The molecule has 2 nitrogen and oxygen atoms in total. The van der Waals surface area contributed by atoms with Crippen LogP contribution in [0.2, 0.25) is 5.02 Å². The van der Waals surface area contributed by atoms with Gasteiger partial charge in [-0.15, -0.1) is 0 Å². The molecule has 0 aliphatic rings. The Morgan fingerprint density at radius 1 is 1.00 bits per heavy atom. The molecule has 0 spiro atoms. The second-order valence-electron chi connectivity index (χ2n) is 4.72. The number of halogens is 1. The molecule has 0 amide bonds. The summed E-state index contributed by atoms with van der Waals surface area (Å²) in [4.78, 5) is 4.74. The van der Waals surface area contributed by atoms with E-state index in [-0.39, 0.29) is 0 Å². The Morgan fingerprint density at radius 3 is 2.45 bits per heavy atom. The lowest BCUT2D eigenvalue weighted by Crippen LogP contribution is -1.90. The molecule has 0 fully saturated rings. The van der Waals surface area contributed by atoms with E-state index in [1.807, 2.05) is 42.5 Å². The topological polar surface area (TPSA) is 22.1 Å². The van der Waals surface area contributed by atoms with Gasteiger partial charge in [-0.1, -0.05) is 11.6 Å². The van der Waals surface area contributed by atoms with Crippen molar-refractivity contribution in [3.05, 3.63) is 59.1 Å². The highest BCUT2D eigenvalue weighted by atomic mass is 35.5. The summed E-state index contributed by atoms with van der Waals surface area (Å²) in [5, 5.41) is 1.79. The molecule has 0 saturated heterocycles. The van der Waals surface area contributed by atoms with Crippen molar-refractivity contribution in [2.24, 2.45) is 0 Å². The van der Waals surface area contributed by atoms with E-state index in [1.54, 1.807) is 7.11 Å². The summed E-state index contributed by atoms with van der Waals surface area (Å²) >= 11 is 6.02. The lowest BCUT2D eigenvalue weighted by Gasteiger charge is -2.08. The Hall–Kier alpha value is -2.06. The molecule has 0 unspecified atom stereocenters. The molecule has 0 radical (unpaired) electrons. The zero-order valence-corrected chi connectivity index (χ0v) is 12.1. The molecule has 0 aliphatic heterocycles. The van der Waals surface area contributed by atoms with Crippen LogP contribution in [-0.2, 0) is 0 Å². The maximum atomic E-state index is 6.02. The molecule has 20 heavy (non-hydrogen) atoms. The van der Waals surface area contributed by atoms with E-state index in [1.165, 1.54) is 0 Å². The van der Waals surface area contributed by atoms with Gasteiger partial charge in [0.05, 0.1) is 18.3 Å². The Morgan fingerprint density at radius 2 is 1.75 bits per heavy atom. The van der Waals surface area contributed by atoms with Gasteiger partial charge in [0, 0.05) is 16.0 Å². The number of methoxy groups -OCH3 is 1. The number of hydrogen-bond donors (Lipinski definition) is 0. The fourth-order valence-electron chi connectivity index (χ4n) is 2.29. The van der Waals surface area contributed by atoms with Gasteiger partial charge in [-0.3, -0.25) is 0 Å². The third-order valence-corrected chi connectivity index (χ3v) is 3.57. The first kappa shape index (κ1) is 12.9. The van der Waals surface area contributed by atoms with Crippen LogP contribution in [0.4, 0.5) is 0 Å². The maximum absolute atomic E-state index is 6.02. The predicted molar refractivity (Wildman–Crippen MR) is 83.5 cm³/mol. The Bertz CT molecular complexity index is 766. The van der Waals surface area contributed by atoms with Gasteiger partial charge < -0.3 is 4.74 Å². The molecule has 0 bridgehead atoms. The molecule has 1 heterocycles. The first-order chi connectivity index (χ1) is 9.67. The zero-order valence-electron chi connectivity index (χ0n) is 11.4. The third kappa shape index (κ3) is 2.35. The van der Waals surface area contributed by atoms with Gasteiger partial charge in [-0.05, 0) is 61.0 Å². The summed E-state index contributed by atoms with van der Waals surface area (Å²) in [5.74, 6) is 0.846. The number of nitrogens with zero attached hydrogens (tertiary/aromatic N) is 1. The summed E-state index contributed by atoms with van der Waals surface area (Å²) in [7, 11) is 1.66. The summed E-state index contributed by atoms with van der Waals surface area (Å²) in [6.07, 6.45) is 0. The Balaban J connectivity index is 2.14. The number of ether oxygens (including phenoxy) is 1. The van der Waals surface area contributed by atoms with Crippen LogP contribution in [0, 0.1) is 6.92 Å². The second-order valence-corrected chi connectivity index (χ2v) is 5.16. The van der Waals surface area contributed by atoms with Crippen LogP contribution in [0.3, 0.4) is 0 Å². The highest BCUT2D eigenvalue weighted by Gasteiger charge is 2.07. The van der Waals surface area contributed by atoms with Crippen LogP contribution in [0.15, 0.2) is 48.5 Å². The Labute approximate surface area is 123 Å². The van der Waals surface area contributed by atoms with Crippen molar-refractivity contribution in [2.45, 2.75) is 6.92 Å². The lowest BCUT2D eigenvalue weighted by molar-refractivity contribution is 0.415. The van der Waals surface area contributed by atoms with Crippen LogP contribution < -0.4 is 4.74 Å². The van der Waals surface area contributed by atoms with Gasteiger partial charge in [-0.2, -0.15) is 0 Å². The quantitative estimate of drug-likeness (QED) is 0.669. The predicted octanol–water partition coefficient (Wildman–Crippen LogP) is 4.87. The molecule has 1 aromatic heterocycles. The van der Waals surface area contributed by atoms with Gasteiger partial charge in [-0.25, -0.2) is 4.98 Å². The average molecular weight is 284 g/mol. The molecule has 2 aromatic carbocycles. The zero-order chi connectivity index (χ0) is 14.1. The van der Waals surface area contributed by atoms with Gasteiger partial charge in [0.15, 0.2) is 0 Å². The van der Waals surface area contributed by atoms with E-state index in [4.69, 9.17) is 21.3 Å². The van der Waals surface area contributed by atoms with Gasteiger partial charge >= 0.3 is 0 Å². The molecular formula is C17H14ClNO. The highest BCUT2D eigenvalue weighted by molar-refractivity contribution is 6.31. The normalized spacial score (nSPS) is 10.8. The molecule has 0 saturated carbocycles. The minimum Gasteiger partial charge on any atom is -0.497 e.